The van der Waals surface area contributed by atoms with Gasteiger partial charge in [-0.15, -0.1) is 24.7 Å². The van der Waals surface area contributed by atoms with Gasteiger partial charge in [-0.05, 0) is 63.1 Å². The molecule has 1 aromatic carbocycles. The van der Waals surface area contributed by atoms with Gasteiger partial charge in [-0.3, -0.25) is 9.59 Å². The lowest BCUT2D eigenvalue weighted by atomic mass is 9.81. The van der Waals surface area contributed by atoms with E-state index in [4.69, 9.17) is 12.2 Å². The second-order valence-corrected chi connectivity index (χ2v) is 13.0. The van der Waals surface area contributed by atoms with E-state index in [9.17, 15) is 9.59 Å². The number of carbonyl (C=O) groups excluding carboxylic acids is 2. The first-order valence-electron chi connectivity index (χ1n) is 17.5. The third-order valence-electron chi connectivity index (χ3n) is 8.99. The van der Waals surface area contributed by atoms with Crippen LogP contribution in [0, 0.1) is 48.4 Å². The number of benzene rings is 1. The number of nitrogens with two attached hydrogens (primary N) is 1. The van der Waals surface area contributed by atoms with Crippen LogP contribution in [0.25, 0.3) is 0 Å². The van der Waals surface area contributed by atoms with E-state index in [0.29, 0.717) is 24.8 Å². The minimum absolute atomic E-state index is 0.0590. The molecule has 3 atom stereocenters. The van der Waals surface area contributed by atoms with Crippen molar-refractivity contribution < 1.29 is 9.59 Å². The Kier molecular flexibility index (Phi) is 24.1. The zero-order valence-corrected chi connectivity index (χ0v) is 30.3. The Labute approximate surface area is 283 Å². The van der Waals surface area contributed by atoms with Crippen LogP contribution in [0.15, 0.2) is 42.6 Å². The highest BCUT2D eigenvalue weighted by Gasteiger charge is 2.25. The van der Waals surface area contributed by atoms with Crippen LogP contribution in [-0.4, -0.2) is 60.9 Å². The minimum atomic E-state index is -0.257. The molecule has 2 amide bonds. The molecule has 0 radical (unpaired) electrons. The first-order chi connectivity index (χ1) is 21.9. The van der Waals surface area contributed by atoms with Crippen LogP contribution in [0.3, 0.4) is 0 Å². The Morgan fingerprint density at radius 2 is 1.63 bits per heavy atom. The van der Waals surface area contributed by atoms with Gasteiger partial charge in [0.1, 0.15) is 0 Å². The highest BCUT2D eigenvalue weighted by molar-refractivity contribution is 5.78. The van der Waals surface area contributed by atoms with Crippen LogP contribution in [0.1, 0.15) is 105 Å². The minimum Gasteiger partial charge on any atom is -0.377 e. The van der Waals surface area contributed by atoms with Crippen molar-refractivity contribution in [2.24, 2.45) is 29.4 Å². The van der Waals surface area contributed by atoms with E-state index in [0.717, 1.165) is 62.6 Å². The molecule has 6 heteroatoms. The van der Waals surface area contributed by atoms with Gasteiger partial charge in [0.2, 0.25) is 11.8 Å². The molecule has 0 heterocycles. The van der Waals surface area contributed by atoms with Crippen LogP contribution in [0.5, 0.6) is 0 Å². The number of amides is 2. The zero-order chi connectivity index (χ0) is 34.9. The Hall–Kier alpha value is -3.22. The topological polar surface area (TPSA) is 78.7 Å². The van der Waals surface area contributed by atoms with E-state index in [2.05, 4.69) is 60.7 Å². The Morgan fingerprint density at radius 1 is 1.04 bits per heavy atom. The molecule has 0 aromatic heterocycles. The third kappa shape index (κ3) is 19.3. The normalized spacial score (nSPS) is 14.7. The molecular weight excluding hydrogens is 568 g/mol. The van der Waals surface area contributed by atoms with Crippen LogP contribution >= 0.6 is 0 Å². The smallest absolute Gasteiger partial charge is 0.222 e. The highest BCUT2D eigenvalue weighted by Crippen LogP contribution is 2.30. The first kappa shape index (κ1) is 42.8. The summed E-state index contributed by atoms with van der Waals surface area (Å²) >= 11 is 0. The second kappa shape index (κ2) is 25.9. The van der Waals surface area contributed by atoms with Crippen LogP contribution in [0.2, 0.25) is 0 Å². The molecule has 0 aliphatic heterocycles. The SMILES string of the molecule is C#CC.C#CCCC(C)[C@H](CC1CCCCC1)NC(=O)C(C)C.C=C(C[C@@H](Cc1ccccc1)C(N)=O)N(C)CCN(CC)CC. The van der Waals surface area contributed by atoms with Gasteiger partial charge in [0.25, 0.3) is 0 Å². The summed E-state index contributed by atoms with van der Waals surface area (Å²) in [5.41, 5.74) is 7.69. The van der Waals surface area contributed by atoms with E-state index in [-0.39, 0.29) is 23.7 Å². The fourth-order valence-electron chi connectivity index (χ4n) is 5.68. The van der Waals surface area contributed by atoms with E-state index in [1.807, 2.05) is 51.2 Å². The number of nitrogens with zero attached hydrogens (tertiary/aromatic N) is 2. The summed E-state index contributed by atoms with van der Waals surface area (Å²) in [6, 6.07) is 10.3. The maximum atomic E-state index is 12.0. The summed E-state index contributed by atoms with van der Waals surface area (Å²) in [4.78, 5) is 28.3. The molecule has 1 aromatic rings. The fraction of sp³-hybridized carbons (Fsp3) is 0.650. The Bertz CT molecular complexity index is 1050. The third-order valence-corrected chi connectivity index (χ3v) is 8.99. The monoisotopic (exact) mass is 635 g/mol. The van der Waals surface area contributed by atoms with Gasteiger partial charge in [-0.25, -0.2) is 0 Å². The van der Waals surface area contributed by atoms with Crippen molar-refractivity contribution in [3.05, 3.63) is 48.2 Å². The summed E-state index contributed by atoms with van der Waals surface area (Å²) in [7, 11) is 2.03. The summed E-state index contributed by atoms with van der Waals surface area (Å²) in [5.74, 6) is 6.00. The summed E-state index contributed by atoms with van der Waals surface area (Å²) < 4.78 is 0. The second-order valence-electron chi connectivity index (χ2n) is 13.0. The molecule has 0 spiro atoms. The lowest BCUT2D eigenvalue weighted by Gasteiger charge is -2.31. The van der Waals surface area contributed by atoms with E-state index < -0.39 is 0 Å². The predicted octanol–water partition coefficient (Wildman–Crippen LogP) is 7.29. The molecule has 1 aliphatic rings. The lowest BCUT2D eigenvalue weighted by Crippen LogP contribution is -2.42. The molecule has 1 unspecified atom stereocenters. The largest absolute Gasteiger partial charge is 0.377 e. The van der Waals surface area contributed by atoms with Crippen LogP contribution < -0.4 is 11.1 Å². The molecule has 46 heavy (non-hydrogen) atoms. The number of carbonyl (C=O) groups is 2. The van der Waals surface area contributed by atoms with E-state index >= 15 is 0 Å². The van der Waals surface area contributed by atoms with Crippen molar-refractivity contribution in [3.8, 4) is 24.7 Å². The number of hydrogen-bond donors (Lipinski definition) is 2. The van der Waals surface area contributed by atoms with Gasteiger partial charge in [0, 0.05) is 50.1 Å². The molecule has 0 saturated heterocycles. The molecule has 1 aliphatic carbocycles. The standard InChI is InChI=1S/C19H31N3O.C18H31NO.C3H4/c1-5-22(6-2)13-12-21(4)16(3)14-18(19(20)23)15-17-10-8-7-9-11-17;1-5-6-10-15(4)17(19-18(20)14(2)3)13-16-11-8-7-9-12-16;1-3-2/h7-11,18H,3,5-6,12-15H2,1-2,4H3,(H2,20,23);1,14-17H,6-13H2,2-4H3,(H,19,20);1H,2H3/t18-;15?,17-;/m00./s1. The number of likely N-dealkylation sites (N-methyl/N-ethyl adjacent to an activating group) is 2. The maximum absolute atomic E-state index is 12.0. The molecule has 258 valence electrons. The van der Waals surface area contributed by atoms with Crippen molar-refractivity contribution in [1.29, 1.82) is 0 Å². The van der Waals surface area contributed by atoms with Crippen LogP contribution in [0.4, 0.5) is 0 Å². The van der Waals surface area contributed by atoms with Gasteiger partial charge in [-0.1, -0.05) is 104 Å². The number of nitrogens with one attached hydrogen (secondary N) is 1. The van der Waals surface area contributed by atoms with E-state index in [1.165, 1.54) is 32.1 Å². The highest BCUT2D eigenvalue weighted by atomic mass is 16.2. The van der Waals surface area contributed by atoms with Crippen molar-refractivity contribution in [3.63, 3.8) is 0 Å². The van der Waals surface area contributed by atoms with Gasteiger partial charge in [0.15, 0.2) is 0 Å². The molecule has 1 saturated carbocycles. The number of allylic oxidation sites excluding steroid dienone is 1. The molecular formula is C40H66N4O2. The molecule has 3 N–H and O–H groups in total. The van der Waals surface area contributed by atoms with Gasteiger partial charge in [-0.2, -0.15) is 0 Å². The van der Waals surface area contributed by atoms with Crippen molar-refractivity contribution in [2.75, 3.05) is 33.2 Å². The number of hydrogen-bond acceptors (Lipinski definition) is 4. The molecule has 2 rings (SSSR count). The summed E-state index contributed by atoms with van der Waals surface area (Å²) in [5, 5.41) is 3.26. The van der Waals surface area contributed by atoms with Gasteiger partial charge >= 0.3 is 0 Å². The van der Waals surface area contributed by atoms with Crippen molar-refractivity contribution in [1.82, 2.24) is 15.1 Å². The number of rotatable bonds is 18. The average molecular weight is 635 g/mol. The molecule has 0 bridgehead atoms. The Balaban J connectivity index is 0.000000817. The first-order valence-corrected chi connectivity index (χ1v) is 17.5. The number of terminal acetylenes is 2. The summed E-state index contributed by atoms with van der Waals surface area (Å²) in [6.45, 7) is 20.3. The molecule has 6 nitrogen and oxygen atoms in total. The van der Waals surface area contributed by atoms with Gasteiger partial charge in [0.05, 0.1) is 0 Å². The predicted molar refractivity (Wildman–Crippen MR) is 197 cm³/mol. The average Bonchev–Trinajstić information content (AvgIpc) is 3.04. The van der Waals surface area contributed by atoms with Crippen molar-refractivity contribution in [2.45, 2.75) is 112 Å². The fourth-order valence-corrected chi connectivity index (χ4v) is 5.68. The van der Waals surface area contributed by atoms with E-state index in [1.54, 1.807) is 6.92 Å². The van der Waals surface area contributed by atoms with Crippen molar-refractivity contribution >= 4 is 11.8 Å². The molecule has 1 fully saturated rings. The van der Waals surface area contributed by atoms with Crippen LogP contribution in [-0.2, 0) is 16.0 Å². The zero-order valence-electron chi connectivity index (χ0n) is 30.3. The number of primary amides is 1. The lowest BCUT2D eigenvalue weighted by molar-refractivity contribution is -0.125. The Morgan fingerprint density at radius 3 is 2.13 bits per heavy atom. The van der Waals surface area contributed by atoms with Gasteiger partial charge < -0.3 is 20.9 Å². The summed E-state index contributed by atoms with van der Waals surface area (Å²) in [6.07, 6.45) is 20.9. The quantitative estimate of drug-likeness (QED) is 0.166. The maximum Gasteiger partial charge on any atom is 0.222 e.